The Morgan fingerprint density at radius 3 is 2.29 bits per heavy atom. The number of rotatable bonds is 9. The van der Waals surface area contributed by atoms with Crippen LogP contribution >= 0.6 is 0 Å². The van der Waals surface area contributed by atoms with Crippen LogP contribution < -0.4 is 10.6 Å². The van der Waals surface area contributed by atoms with Gasteiger partial charge in [0.2, 0.25) is 0 Å². The third-order valence-electron chi connectivity index (χ3n) is 2.80. The molecule has 0 amide bonds. The van der Waals surface area contributed by atoms with Gasteiger partial charge < -0.3 is 10.6 Å². The van der Waals surface area contributed by atoms with Crippen molar-refractivity contribution in [3.8, 4) is 0 Å². The molecule has 7 heteroatoms. The summed E-state index contributed by atoms with van der Waals surface area (Å²) in [6.45, 7) is 5.26. The fourth-order valence-corrected chi connectivity index (χ4v) is 1.86. The number of halogens is 3. The van der Waals surface area contributed by atoms with Gasteiger partial charge in [0, 0.05) is 32.0 Å². The number of aryl methyl sites for hydroxylation is 1. The monoisotopic (exact) mass is 304 g/mol. The van der Waals surface area contributed by atoms with Crippen molar-refractivity contribution in [3.63, 3.8) is 0 Å². The molecule has 0 saturated carbocycles. The van der Waals surface area contributed by atoms with E-state index in [1.807, 2.05) is 13.8 Å². The van der Waals surface area contributed by atoms with Crippen LogP contribution in [-0.2, 0) is 6.42 Å². The zero-order valence-electron chi connectivity index (χ0n) is 12.6. The van der Waals surface area contributed by atoms with Gasteiger partial charge in [0.15, 0.2) is 0 Å². The molecule has 1 aromatic heterocycles. The number of unbranched alkanes of at least 4 members (excludes halogenated alkanes) is 1. The van der Waals surface area contributed by atoms with E-state index in [0.29, 0.717) is 18.8 Å². The van der Waals surface area contributed by atoms with Gasteiger partial charge in [0.1, 0.15) is 17.5 Å². The minimum absolute atomic E-state index is 0.128. The smallest absolute Gasteiger partial charge is 0.370 e. The lowest BCUT2D eigenvalue weighted by atomic mass is 10.2. The van der Waals surface area contributed by atoms with E-state index in [-0.39, 0.29) is 6.42 Å². The van der Waals surface area contributed by atoms with Gasteiger partial charge in [-0.25, -0.2) is 9.97 Å². The van der Waals surface area contributed by atoms with Crippen LogP contribution in [0.3, 0.4) is 0 Å². The molecule has 0 spiro atoms. The molecule has 120 valence electrons. The second-order valence-corrected chi connectivity index (χ2v) is 4.83. The molecular weight excluding hydrogens is 281 g/mol. The first-order valence-electron chi connectivity index (χ1n) is 7.37. The fourth-order valence-electron chi connectivity index (χ4n) is 1.86. The van der Waals surface area contributed by atoms with Gasteiger partial charge in [0.05, 0.1) is 0 Å². The number of hydrogen-bond donors (Lipinski definition) is 2. The second-order valence-electron chi connectivity index (χ2n) is 4.83. The van der Waals surface area contributed by atoms with E-state index in [9.17, 15) is 13.2 Å². The van der Waals surface area contributed by atoms with Gasteiger partial charge in [-0.1, -0.05) is 6.92 Å². The lowest BCUT2D eigenvalue weighted by Crippen LogP contribution is -2.11. The summed E-state index contributed by atoms with van der Waals surface area (Å²) >= 11 is 0. The van der Waals surface area contributed by atoms with Crippen LogP contribution in [0.5, 0.6) is 0 Å². The number of aromatic nitrogens is 2. The zero-order chi connectivity index (χ0) is 15.7. The molecule has 0 aliphatic rings. The summed E-state index contributed by atoms with van der Waals surface area (Å²) in [6, 6.07) is 1.78. The fraction of sp³-hybridized carbons (Fsp3) is 0.714. The van der Waals surface area contributed by atoms with E-state index in [4.69, 9.17) is 0 Å². The third kappa shape index (κ3) is 7.72. The maximum Gasteiger partial charge on any atom is 0.389 e. The van der Waals surface area contributed by atoms with Crippen molar-refractivity contribution < 1.29 is 13.2 Å². The molecule has 0 fully saturated rings. The molecule has 0 aromatic carbocycles. The predicted octanol–water partition coefficient (Wildman–Crippen LogP) is 4.01. The molecule has 0 aliphatic heterocycles. The van der Waals surface area contributed by atoms with Crippen molar-refractivity contribution in [3.05, 3.63) is 11.9 Å². The van der Waals surface area contributed by atoms with E-state index >= 15 is 0 Å². The summed E-state index contributed by atoms with van der Waals surface area (Å²) in [6.07, 6.45) is -2.49. The lowest BCUT2D eigenvalue weighted by molar-refractivity contribution is -0.135. The molecular formula is C14H23F3N4. The molecule has 1 heterocycles. The molecule has 0 aliphatic carbocycles. The minimum atomic E-state index is -4.07. The first kappa shape index (κ1) is 17.5. The summed E-state index contributed by atoms with van der Waals surface area (Å²) in [5, 5.41) is 6.20. The average molecular weight is 304 g/mol. The molecule has 0 radical (unpaired) electrons. The van der Waals surface area contributed by atoms with E-state index in [1.165, 1.54) is 0 Å². The number of hydrogen-bond acceptors (Lipinski definition) is 4. The highest BCUT2D eigenvalue weighted by Gasteiger charge is 2.25. The van der Waals surface area contributed by atoms with Crippen molar-refractivity contribution in [2.75, 3.05) is 23.7 Å². The number of nitrogens with one attached hydrogen (secondary N) is 2. The summed E-state index contributed by atoms with van der Waals surface area (Å²) in [4.78, 5) is 8.75. The summed E-state index contributed by atoms with van der Waals surface area (Å²) in [7, 11) is 0. The van der Waals surface area contributed by atoms with Crippen LogP contribution in [0.2, 0.25) is 0 Å². The number of nitrogens with zero attached hydrogens (tertiary/aromatic N) is 2. The topological polar surface area (TPSA) is 49.8 Å². The number of alkyl halides is 3. The molecule has 0 bridgehead atoms. The quantitative estimate of drug-likeness (QED) is 0.677. The van der Waals surface area contributed by atoms with Crippen LogP contribution in [0.1, 0.15) is 45.4 Å². The van der Waals surface area contributed by atoms with Gasteiger partial charge in [0.25, 0.3) is 0 Å². The van der Waals surface area contributed by atoms with Crippen molar-refractivity contribution in [1.29, 1.82) is 0 Å². The largest absolute Gasteiger partial charge is 0.389 e. The molecule has 2 N–H and O–H groups in total. The van der Waals surface area contributed by atoms with Gasteiger partial charge in [-0.05, 0) is 26.2 Å². The minimum Gasteiger partial charge on any atom is -0.370 e. The van der Waals surface area contributed by atoms with Gasteiger partial charge >= 0.3 is 6.18 Å². The highest BCUT2D eigenvalue weighted by Crippen LogP contribution is 2.22. The van der Waals surface area contributed by atoms with Crippen LogP contribution in [-0.4, -0.2) is 29.2 Å². The van der Waals surface area contributed by atoms with Crippen LogP contribution in [0.15, 0.2) is 6.07 Å². The summed E-state index contributed by atoms with van der Waals surface area (Å²) in [5.74, 6) is 2.15. The first-order chi connectivity index (χ1) is 9.94. The molecule has 21 heavy (non-hydrogen) atoms. The average Bonchev–Trinajstić information content (AvgIpc) is 2.37. The maximum atomic E-state index is 12.0. The molecule has 0 atom stereocenters. The predicted molar refractivity (Wildman–Crippen MR) is 78.6 cm³/mol. The standard InChI is InChI=1S/C14H23F3N4/c1-3-7-11-20-12(18-4-2)10-13(21-11)19-9-6-5-8-14(15,16)17/h10H,3-9H2,1-2H3,(H2,18,19,20,21). The SMILES string of the molecule is CCCc1nc(NCC)cc(NCCCCC(F)(F)F)n1. The van der Waals surface area contributed by atoms with E-state index in [0.717, 1.165) is 31.0 Å². The lowest BCUT2D eigenvalue weighted by Gasteiger charge is -2.11. The van der Waals surface area contributed by atoms with Gasteiger partial charge in [-0.3, -0.25) is 0 Å². The Bertz CT molecular complexity index is 397. The Balaban J connectivity index is 2.49. The van der Waals surface area contributed by atoms with E-state index in [1.54, 1.807) is 6.07 Å². The van der Waals surface area contributed by atoms with Gasteiger partial charge in [-0.2, -0.15) is 13.2 Å². The molecule has 1 aromatic rings. The molecule has 1 rings (SSSR count). The second kappa shape index (κ2) is 8.69. The Morgan fingerprint density at radius 1 is 1.05 bits per heavy atom. The van der Waals surface area contributed by atoms with Crippen molar-refractivity contribution in [2.45, 2.75) is 52.1 Å². The van der Waals surface area contributed by atoms with E-state index < -0.39 is 12.6 Å². The third-order valence-corrected chi connectivity index (χ3v) is 2.80. The molecule has 0 saturated heterocycles. The Kier molecular flexibility index (Phi) is 7.25. The maximum absolute atomic E-state index is 12.0. The van der Waals surface area contributed by atoms with E-state index in [2.05, 4.69) is 20.6 Å². The van der Waals surface area contributed by atoms with Crippen LogP contribution in [0.25, 0.3) is 0 Å². The van der Waals surface area contributed by atoms with Crippen LogP contribution in [0.4, 0.5) is 24.8 Å². The van der Waals surface area contributed by atoms with Crippen molar-refractivity contribution >= 4 is 11.6 Å². The Labute approximate surface area is 123 Å². The summed E-state index contributed by atoms with van der Waals surface area (Å²) in [5.41, 5.74) is 0. The summed E-state index contributed by atoms with van der Waals surface area (Å²) < 4.78 is 36.1. The first-order valence-corrected chi connectivity index (χ1v) is 7.37. The Hall–Kier alpha value is -1.53. The van der Waals surface area contributed by atoms with Gasteiger partial charge in [-0.15, -0.1) is 0 Å². The van der Waals surface area contributed by atoms with Crippen molar-refractivity contribution in [1.82, 2.24) is 9.97 Å². The molecule has 0 unspecified atom stereocenters. The number of anilines is 2. The Morgan fingerprint density at radius 2 is 1.71 bits per heavy atom. The molecule has 4 nitrogen and oxygen atoms in total. The highest BCUT2D eigenvalue weighted by atomic mass is 19.4. The normalized spacial score (nSPS) is 11.5. The highest BCUT2D eigenvalue weighted by molar-refractivity contribution is 5.47. The van der Waals surface area contributed by atoms with Crippen molar-refractivity contribution in [2.24, 2.45) is 0 Å². The zero-order valence-corrected chi connectivity index (χ0v) is 12.6. The van der Waals surface area contributed by atoms with Crippen LogP contribution in [0, 0.1) is 0 Å².